The number of carbonyl (C=O) groups is 1. The summed E-state index contributed by atoms with van der Waals surface area (Å²) < 4.78 is 1.01. The fraction of sp³-hybridized carbons (Fsp3) is 0.333. The number of hydrogen-bond acceptors (Lipinski definition) is 2. The molecule has 0 bridgehead atoms. The van der Waals surface area contributed by atoms with Crippen LogP contribution in [0.1, 0.15) is 33.6 Å². The smallest absolute Gasteiger partial charge is 0.333 e. The van der Waals surface area contributed by atoms with Crippen LogP contribution in [0.4, 0.5) is 4.79 Å². The molecule has 0 aliphatic rings. The maximum Gasteiger partial charge on any atom is 0.343 e. The maximum absolute atomic E-state index is 12.1. The third kappa shape index (κ3) is 4.45. The van der Waals surface area contributed by atoms with Crippen molar-refractivity contribution in [2.45, 2.75) is 33.6 Å². The number of para-hydroxylation sites is 1. The first-order valence-electron chi connectivity index (χ1n) is 7.76. The highest BCUT2D eigenvalue weighted by molar-refractivity contribution is 5.84. The van der Waals surface area contributed by atoms with Gasteiger partial charge in [-0.15, -0.1) is 0 Å². The number of carbonyl (C=O) groups excluding carboxylic acids is 1. The second-order valence-corrected chi connectivity index (χ2v) is 5.85. The van der Waals surface area contributed by atoms with E-state index in [1.807, 2.05) is 19.1 Å². The van der Waals surface area contributed by atoms with Gasteiger partial charge in [-0.25, -0.2) is 4.79 Å². The van der Waals surface area contributed by atoms with Crippen molar-refractivity contribution in [3.8, 4) is 0 Å². The molecule has 1 aromatic heterocycles. The standard InChI is InChI=1S/C18H23N3O2/c1-13(2)7-6-8-14(3)11-12-19-18(23)21-17(22)15-9-4-5-10-16(15)20-21/h4-5,7,9-11,20H,6,8,12H2,1-3H3,(H,19,23)/b14-11+. The minimum absolute atomic E-state index is 0.331. The van der Waals surface area contributed by atoms with E-state index in [4.69, 9.17) is 0 Å². The van der Waals surface area contributed by atoms with Crippen molar-refractivity contribution in [2.75, 3.05) is 6.54 Å². The number of benzene rings is 1. The summed E-state index contributed by atoms with van der Waals surface area (Å²) >= 11 is 0. The van der Waals surface area contributed by atoms with Crippen molar-refractivity contribution < 1.29 is 4.79 Å². The van der Waals surface area contributed by atoms with Crippen LogP contribution in [0.3, 0.4) is 0 Å². The monoisotopic (exact) mass is 313 g/mol. The summed E-state index contributed by atoms with van der Waals surface area (Å²) in [4.78, 5) is 24.2. The van der Waals surface area contributed by atoms with Crippen LogP contribution in [0.15, 0.2) is 52.4 Å². The van der Waals surface area contributed by atoms with Gasteiger partial charge in [0.2, 0.25) is 0 Å². The molecule has 5 nitrogen and oxygen atoms in total. The number of hydrogen-bond donors (Lipinski definition) is 2. The summed E-state index contributed by atoms with van der Waals surface area (Å²) in [6.45, 7) is 6.61. The Bertz CT molecular complexity index is 805. The number of rotatable bonds is 5. The van der Waals surface area contributed by atoms with Gasteiger partial charge in [0.1, 0.15) is 0 Å². The first kappa shape index (κ1) is 16.8. The third-order valence-electron chi connectivity index (χ3n) is 3.59. The maximum atomic E-state index is 12.1. The lowest BCUT2D eigenvalue weighted by molar-refractivity contribution is 0.240. The van der Waals surface area contributed by atoms with Gasteiger partial charge in [0.05, 0.1) is 10.9 Å². The molecule has 2 N–H and O–H groups in total. The average molecular weight is 313 g/mol. The fourth-order valence-corrected chi connectivity index (χ4v) is 2.28. The molecule has 0 radical (unpaired) electrons. The number of allylic oxidation sites excluding steroid dienone is 3. The molecule has 2 aromatic rings. The van der Waals surface area contributed by atoms with E-state index >= 15 is 0 Å². The first-order valence-corrected chi connectivity index (χ1v) is 7.76. The minimum atomic E-state index is -0.445. The van der Waals surface area contributed by atoms with Gasteiger partial charge in [-0.2, -0.15) is 4.68 Å². The van der Waals surface area contributed by atoms with Crippen molar-refractivity contribution in [1.82, 2.24) is 15.1 Å². The van der Waals surface area contributed by atoms with E-state index in [2.05, 4.69) is 30.3 Å². The number of aromatic amines is 1. The molecule has 5 heteroatoms. The largest absolute Gasteiger partial charge is 0.343 e. The van der Waals surface area contributed by atoms with Crippen molar-refractivity contribution in [1.29, 1.82) is 0 Å². The van der Waals surface area contributed by atoms with Crippen molar-refractivity contribution >= 4 is 16.9 Å². The second kappa shape index (κ2) is 7.63. The molecular weight excluding hydrogens is 290 g/mol. The van der Waals surface area contributed by atoms with Crippen molar-refractivity contribution in [3.05, 3.63) is 57.9 Å². The number of amides is 1. The molecule has 0 saturated carbocycles. The molecule has 0 atom stereocenters. The normalized spacial score (nSPS) is 11.5. The van der Waals surface area contributed by atoms with Crippen LogP contribution in [0.5, 0.6) is 0 Å². The molecule has 0 unspecified atom stereocenters. The van der Waals surface area contributed by atoms with E-state index in [9.17, 15) is 9.59 Å². The zero-order valence-corrected chi connectivity index (χ0v) is 13.8. The summed E-state index contributed by atoms with van der Waals surface area (Å²) in [6, 6.07) is 6.62. The van der Waals surface area contributed by atoms with Gasteiger partial charge in [0.15, 0.2) is 0 Å². The highest BCUT2D eigenvalue weighted by Crippen LogP contribution is 2.06. The van der Waals surface area contributed by atoms with Crippen LogP contribution in [0.25, 0.3) is 10.9 Å². The van der Waals surface area contributed by atoms with Crippen molar-refractivity contribution in [3.63, 3.8) is 0 Å². The molecule has 23 heavy (non-hydrogen) atoms. The highest BCUT2D eigenvalue weighted by Gasteiger charge is 2.11. The summed E-state index contributed by atoms with van der Waals surface area (Å²) in [7, 11) is 0. The van der Waals surface area contributed by atoms with Gasteiger partial charge >= 0.3 is 6.03 Å². The fourth-order valence-electron chi connectivity index (χ4n) is 2.28. The van der Waals surface area contributed by atoms with Gasteiger partial charge in [-0.1, -0.05) is 35.4 Å². The molecule has 2 rings (SSSR count). The SMILES string of the molecule is CC(C)=CCC/C(C)=C/CNC(=O)n1[nH]c2ccccc2c1=O. The Balaban J connectivity index is 1.95. The second-order valence-electron chi connectivity index (χ2n) is 5.85. The van der Waals surface area contributed by atoms with E-state index < -0.39 is 6.03 Å². The number of nitrogens with one attached hydrogen (secondary N) is 2. The first-order chi connectivity index (χ1) is 11.0. The van der Waals surface area contributed by atoms with Crippen LogP contribution in [-0.2, 0) is 0 Å². The number of H-pyrrole nitrogens is 1. The Morgan fingerprint density at radius 1 is 1.22 bits per heavy atom. The van der Waals surface area contributed by atoms with Crippen LogP contribution in [0.2, 0.25) is 0 Å². The van der Waals surface area contributed by atoms with Crippen LogP contribution in [-0.4, -0.2) is 22.4 Å². The number of aromatic nitrogens is 2. The summed E-state index contributed by atoms with van der Waals surface area (Å²) in [5.74, 6) is 0. The van der Waals surface area contributed by atoms with Gasteiger partial charge < -0.3 is 5.32 Å². The predicted molar refractivity (Wildman–Crippen MR) is 93.8 cm³/mol. The van der Waals surface area contributed by atoms with Gasteiger partial charge in [-0.05, 0) is 45.7 Å². The molecular formula is C18H23N3O2. The van der Waals surface area contributed by atoms with Gasteiger partial charge in [0, 0.05) is 6.54 Å². The Morgan fingerprint density at radius 2 is 1.96 bits per heavy atom. The number of nitrogens with zero attached hydrogens (tertiary/aromatic N) is 1. The van der Waals surface area contributed by atoms with Crippen LogP contribution in [0, 0.1) is 0 Å². The summed E-state index contributed by atoms with van der Waals surface area (Å²) in [5, 5.41) is 6.05. The zero-order chi connectivity index (χ0) is 16.8. The molecule has 1 aromatic carbocycles. The van der Waals surface area contributed by atoms with E-state index in [1.54, 1.807) is 18.2 Å². The average Bonchev–Trinajstić information content (AvgIpc) is 2.84. The van der Waals surface area contributed by atoms with Gasteiger partial charge in [-0.3, -0.25) is 9.89 Å². The molecule has 0 aliphatic carbocycles. The lowest BCUT2D eigenvalue weighted by Crippen LogP contribution is -2.35. The van der Waals surface area contributed by atoms with Crippen LogP contribution >= 0.6 is 0 Å². The molecule has 0 fully saturated rings. The Labute approximate surface area is 135 Å². The molecule has 0 spiro atoms. The summed E-state index contributed by atoms with van der Waals surface area (Å²) in [6.07, 6.45) is 6.14. The molecule has 122 valence electrons. The van der Waals surface area contributed by atoms with E-state index in [0.29, 0.717) is 17.4 Å². The third-order valence-corrected chi connectivity index (χ3v) is 3.59. The Hall–Kier alpha value is -2.56. The predicted octanol–water partition coefficient (Wildman–Crippen LogP) is 3.58. The topological polar surface area (TPSA) is 66.9 Å². The van der Waals surface area contributed by atoms with E-state index in [-0.39, 0.29) is 5.56 Å². The van der Waals surface area contributed by atoms with Gasteiger partial charge in [0.25, 0.3) is 5.56 Å². The molecule has 1 heterocycles. The Kier molecular flexibility index (Phi) is 5.57. The minimum Gasteiger partial charge on any atom is -0.333 e. The van der Waals surface area contributed by atoms with Crippen molar-refractivity contribution in [2.24, 2.45) is 0 Å². The Morgan fingerprint density at radius 3 is 2.65 bits per heavy atom. The highest BCUT2D eigenvalue weighted by atomic mass is 16.2. The zero-order valence-electron chi connectivity index (χ0n) is 13.8. The lowest BCUT2D eigenvalue weighted by Gasteiger charge is -2.03. The molecule has 1 amide bonds. The molecule has 0 saturated heterocycles. The summed E-state index contributed by atoms with van der Waals surface area (Å²) in [5.41, 5.74) is 2.85. The number of fused-ring (bicyclic) bond motifs is 1. The van der Waals surface area contributed by atoms with E-state index in [1.165, 1.54) is 11.1 Å². The lowest BCUT2D eigenvalue weighted by atomic mass is 10.1. The van der Waals surface area contributed by atoms with Crippen LogP contribution < -0.4 is 10.9 Å². The molecule has 0 aliphatic heterocycles. The van der Waals surface area contributed by atoms with E-state index in [0.717, 1.165) is 17.5 Å². The quantitative estimate of drug-likeness (QED) is 0.829.